The number of hydrogen-bond donors (Lipinski definition) is 2. The van der Waals surface area contributed by atoms with E-state index in [0.29, 0.717) is 15.8 Å². The van der Waals surface area contributed by atoms with Crippen LogP contribution in [0.2, 0.25) is 5.02 Å². The van der Waals surface area contributed by atoms with Crippen molar-refractivity contribution in [2.45, 2.75) is 25.9 Å². The third-order valence-electron chi connectivity index (χ3n) is 6.10. The van der Waals surface area contributed by atoms with Crippen molar-refractivity contribution in [3.63, 3.8) is 0 Å². The topological polar surface area (TPSA) is 53.3 Å². The number of phenolic OH excluding ortho intramolecular Hbond substituents is 1. The van der Waals surface area contributed by atoms with Crippen molar-refractivity contribution in [2.75, 3.05) is 4.90 Å². The van der Waals surface area contributed by atoms with Gasteiger partial charge in [-0.05, 0) is 80.2 Å². The zero-order valence-electron chi connectivity index (χ0n) is 18.2. The van der Waals surface area contributed by atoms with Gasteiger partial charge in [-0.25, -0.2) is 0 Å². The number of hydrogen-bond acceptors (Lipinski definition) is 3. The fourth-order valence-electron chi connectivity index (χ4n) is 4.67. The predicted molar refractivity (Wildman–Crippen MR) is 136 cm³/mol. The molecular weight excluding hydrogens is 452 g/mol. The first kappa shape index (κ1) is 21.5. The molecule has 166 valence electrons. The highest BCUT2D eigenvalue weighted by atomic mass is 35.5. The third-order valence-corrected chi connectivity index (χ3v) is 6.65. The van der Waals surface area contributed by atoms with Crippen LogP contribution < -0.4 is 10.2 Å². The molecule has 2 atom stereocenters. The lowest BCUT2D eigenvalue weighted by Gasteiger charge is -2.28. The van der Waals surface area contributed by atoms with E-state index in [9.17, 15) is 5.11 Å². The summed E-state index contributed by atoms with van der Waals surface area (Å²) >= 11 is 12.1. The van der Waals surface area contributed by atoms with Crippen LogP contribution in [0.15, 0.2) is 79.0 Å². The maximum Gasteiger partial charge on any atom is 0.174 e. The molecule has 5 rings (SSSR count). The Morgan fingerprint density at radius 2 is 1.76 bits per heavy atom. The summed E-state index contributed by atoms with van der Waals surface area (Å²) in [7, 11) is 0. The van der Waals surface area contributed by atoms with Crippen LogP contribution in [-0.2, 0) is 0 Å². The number of pyridine rings is 1. The van der Waals surface area contributed by atoms with Gasteiger partial charge in [0.2, 0.25) is 0 Å². The molecular formula is C26H23ClN4OS. The van der Waals surface area contributed by atoms with E-state index in [-0.39, 0.29) is 17.8 Å². The number of thiocarbonyl (C=S) groups is 1. The van der Waals surface area contributed by atoms with Gasteiger partial charge in [-0.3, -0.25) is 4.98 Å². The van der Waals surface area contributed by atoms with Crippen molar-refractivity contribution >= 4 is 34.6 Å². The van der Waals surface area contributed by atoms with E-state index in [1.54, 1.807) is 24.4 Å². The highest BCUT2D eigenvalue weighted by Gasteiger charge is 2.42. The second-order valence-corrected chi connectivity index (χ2v) is 8.95. The number of benzene rings is 2. The molecule has 1 fully saturated rings. The summed E-state index contributed by atoms with van der Waals surface area (Å²) in [5, 5.41) is 15.3. The first-order valence-electron chi connectivity index (χ1n) is 10.7. The van der Waals surface area contributed by atoms with Gasteiger partial charge in [0.15, 0.2) is 5.11 Å². The van der Waals surface area contributed by atoms with E-state index in [4.69, 9.17) is 23.8 Å². The molecule has 0 saturated carbocycles. The van der Waals surface area contributed by atoms with Crippen molar-refractivity contribution in [1.82, 2.24) is 14.9 Å². The standard InChI is InChI=1S/C26H23ClN4OS/c1-16-14-20(17(2)30(16)22-15-18(27)11-12-23(22)32)25-24(21-10-6-7-13-28-21)29-26(33)31(25)19-8-4-3-5-9-19/h3-15,24-25,32H,1-2H3,(H,29,33)/t24-,25-/m1/s1. The summed E-state index contributed by atoms with van der Waals surface area (Å²) in [6.45, 7) is 4.09. The summed E-state index contributed by atoms with van der Waals surface area (Å²) in [5.41, 5.74) is 5.67. The van der Waals surface area contributed by atoms with Crippen LogP contribution in [-0.4, -0.2) is 19.8 Å². The lowest BCUT2D eigenvalue weighted by Crippen LogP contribution is -2.29. The van der Waals surface area contributed by atoms with Crippen LogP contribution in [0.5, 0.6) is 5.75 Å². The second-order valence-electron chi connectivity index (χ2n) is 8.13. The van der Waals surface area contributed by atoms with Gasteiger partial charge >= 0.3 is 0 Å². The van der Waals surface area contributed by atoms with Crippen LogP contribution >= 0.6 is 23.8 Å². The number of anilines is 1. The van der Waals surface area contributed by atoms with Crippen molar-refractivity contribution in [1.29, 1.82) is 0 Å². The van der Waals surface area contributed by atoms with Crippen molar-refractivity contribution in [3.05, 3.63) is 107 Å². The zero-order chi connectivity index (χ0) is 23.1. The molecule has 1 saturated heterocycles. The number of nitrogens with one attached hydrogen (secondary N) is 1. The monoisotopic (exact) mass is 474 g/mol. The Bertz CT molecular complexity index is 1320. The van der Waals surface area contributed by atoms with Gasteiger partial charge < -0.3 is 19.9 Å². The SMILES string of the molecule is Cc1cc([C@@H]2[C@@H](c3ccccn3)NC(=S)N2c2ccccc2)c(C)n1-c1cc(Cl)ccc1O. The van der Waals surface area contributed by atoms with Crippen molar-refractivity contribution in [2.24, 2.45) is 0 Å². The van der Waals surface area contributed by atoms with Gasteiger partial charge in [-0.15, -0.1) is 0 Å². The number of aromatic hydroxyl groups is 1. The summed E-state index contributed by atoms with van der Waals surface area (Å²) in [6.07, 6.45) is 1.80. The Balaban J connectivity index is 1.70. The summed E-state index contributed by atoms with van der Waals surface area (Å²) in [4.78, 5) is 6.78. The van der Waals surface area contributed by atoms with Crippen LogP contribution in [0.3, 0.4) is 0 Å². The lowest BCUT2D eigenvalue weighted by atomic mass is 9.96. The molecule has 0 amide bonds. The maximum atomic E-state index is 10.6. The number of nitrogens with zero attached hydrogens (tertiary/aromatic N) is 3. The molecule has 4 aromatic rings. The molecule has 2 aromatic heterocycles. The van der Waals surface area contributed by atoms with Gasteiger partial charge in [0.05, 0.1) is 23.5 Å². The Morgan fingerprint density at radius 1 is 1.00 bits per heavy atom. The minimum absolute atomic E-state index is 0.129. The molecule has 33 heavy (non-hydrogen) atoms. The summed E-state index contributed by atoms with van der Waals surface area (Å²) in [5.74, 6) is 0.175. The molecule has 5 nitrogen and oxygen atoms in total. The zero-order valence-corrected chi connectivity index (χ0v) is 19.8. The molecule has 0 spiro atoms. The Morgan fingerprint density at radius 3 is 2.48 bits per heavy atom. The van der Waals surface area contributed by atoms with Crippen LogP contribution in [0.4, 0.5) is 5.69 Å². The van der Waals surface area contributed by atoms with Crippen LogP contribution in [0.1, 0.15) is 34.7 Å². The van der Waals surface area contributed by atoms with Gasteiger partial charge in [0.1, 0.15) is 5.75 Å². The fourth-order valence-corrected chi connectivity index (χ4v) is 5.18. The molecule has 1 aliphatic heterocycles. The highest BCUT2D eigenvalue weighted by Crippen LogP contribution is 2.44. The Hall–Kier alpha value is -3.35. The average Bonchev–Trinajstić information content (AvgIpc) is 3.32. The Kier molecular flexibility index (Phi) is 5.56. The quantitative estimate of drug-likeness (QED) is 0.354. The van der Waals surface area contributed by atoms with Crippen LogP contribution in [0.25, 0.3) is 5.69 Å². The lowest BCUT2D eigenvalue weighted by molar-refractivity contribution is 0.471. The highest BCUT2D eigenvalue weighted by molar-refractivity contribution is 7.80. The van der Waals surface area contributed by atoms with E-state index in [1.807, 2.05) is 47.9 Å². The van der Waals surface area contributed by atoms with Gasteiger partial charge in [0, 0.05) is 28.3 Å². The van der Waals surface area contributed by atoms with Gasteiger partial charge in [-0.1, -0.05) is 35.9 Å². The largest absolute Gasteiger partial charge is 0.506 e. The van der Waals surface area contributed by atoms with Gasteiger partial charge in [0.25, 0.3) is 0 Å². The van der Waals surface area contributed by atoms with E-state index in [2.05, 4.69) is 40.3 Å². The van der Waals surface area contributed by atoms with E-state index >= 15 is 0 Å². The molecule has 2 aromatic carbocycles. The number of aryl methyl sites for hydroxylation is 1. The molecule has 0 bridgehead atoms. The first-order chi connectivity index (χ1) is 16.0. The average molecular weight is 475 g/mol. The predicted octanol–water partition coefficient (Wildman–Crippen LogP) is 6.03. The number of rotatable bonds is 4. The van der Waals surface area contributed by atoms with Crippen molar-refractivity contribution < 1.29 is 5.11 Å². The molecule has 2 N–H and O–H groups in total. The molecule has 1 aliphatic rings. The van der Waals surface area contributed by atoms with E-state index in [1.165, 1.54) is 0 Å². The number of halogens is 1. The molecule has 0 aliphatic carbocycles. The van der Waals surface area contributed by atoms with E-state index in [0.717, 1.165) is 28.3 Å². The van der Waals surface area contributed by atoms with Crippen LogP contribution in [0, 0.1) is 13.8 Å². The molecule has 0 radical (unpaired) electrons. The second kappa shape index (κ2) is 8.54. The smallest absolute Gasteiger partial charge is 0.174 e. The third kappa shape index (κ3) is 3.75. The molecule has 7 heteroatoms. The summed E-state index contributed by atoms with van der Waals surface area (Å²) < 4.78 is 2.04. The first-order valence-corrected chi connectivity index (χ1v) is 11.5. The molecule has 3 heterocycles. The van der Waals surface area contributed by atoms with E-state index < -0.39 is 0 Å². The van der Waals surface area contributed by atoms with Crippen molar-refractivity contribution in [3.8, 4) is 11.4 Å². The minimum Gasteiger partial charge on any atom is -0.506 e. The fraction of sp³-hybridized carbons (Fsp3) is 0.154. The minimum atomic E-state index is -0.138. The maximum absolute atomic E-state index is 10.6. The summed E-state index contributed by atoms with van der Waals surface area (Å²) in [6, 6.07) is 23.0. The normalized spacial score (nSPS) is 17.9. The van der Waals surface area contributed by atoms with Gasteiger partial charge in [-0.2, -0.15) is 0 Å². The number of aromatic nitrogens is 2. The molecule has 0 unspecified atom stereocenters. The number of para-hydroxylation sites is 1. The Labute approximate surface area is 203 Å². The number of phenols is 1.